The Balaban J connectivity index is 1.64. The zero-order valence-corrected chi connectivity index (χ0v) is 22.7. The lowest BCUT2D eigenvalue weighted by molar-refractivity contribution is 0.0526. The fourth-order valence-electron chi connectivity index (χ4n) is 4.69. The molecule has 200 valence electrons. The zero-order chi connectivity index (χ0) is 27.7. The van der Waals surface area contributed by atoms with Crippen molar-refractivity contribution < 1.29 is 23.5 Å². The number of rotatable bonds is 8. The molecule has 1 amide bonds. The number of amides is 1. The molecule has 0 bridgehead atoms. The molecule has 5 rings (SSSR count). The predicted octanol–water partition coefficient (Wildman–Crippen LogP) is 6.80. The van der Waals surface area contributed by atoms with Gasteiger partial charge in [-0.05, 0) is 79.4 Å². The zero-order valence-electron chi connectivity index (χ0n) is 21.9. The Morgan fingerprint density at radius 2 is 1.82 bits per heavy atom. The molecular formula is C31H28ClNO6. The lowest BCUT2D eigenvalue weighted by Gasteiger charge is -2.25. The van der Waals surface area contributed by atoms with E-state index in [4.69, 9.17) is 25.5 Å². The van der Waals surface area contributed by atoms with E-state index in [0.29, 0.717) is 45.5 Å². The summed E-state index contributed by atoms with van der Waals surface area (Å²) in [5.41, 5.74) is 1.72. The number of nitrogens with zero attached hydrogens (tertiary/aromatic N) is 1. The fraction of sp³-hybridized carbons (Fsp3) is 0.258. The highest BCUT2D eigenvalue weighted by molar-refractivity contribution is 6.31. The second kappa shape index (κ2) is 10.9. The van der Waals surface area contributed by atoms with Crippen molar-refractivity contribution in [3.63, 3.8) is 0 Å². The van der Waals surface area contributed by atoms with Crippen molar-refractivity contribution in [3.8, 4) is 5.75 Å². The first-order valence-corrected chi connectivity index (χ1v) is 13.3. The van der Waals surface area contributed by atoms with Gasteiger partial charge >= 0.3 is 5.97 Å². The fourth-order valence-corrected chi connectivity index (χ4v) is 4.86. The summed E-state index contributed by atoms with van der Waals surface area (Å²) in [5, 5.41) is 0.686. The van der Waals surface area contributed by atoms with Crippen LogP contribution in [-0.4, -0.2) is 25.1 Å². The van der Waals surface area contributed by atoms with Crippen molar-refractivity contribution in [2.24, 2.45) is 5.92 Å². The van der Waals surface area contributed by atoms with Crippen LogP contribution >= 0.6 is 11.6 Å². The highest BCUT2D eigenvalue weighted by Gasteiger charge is 2.43. The van der Waals surface area contributed by atoms with E-state index in [9.17, 15) is 14.4 Å². The molecule has 0 radical (unpaired) electrons. The molecule has 0 fully saturated rings. The molecule has 7 nitrogen and oxygen atoms in total. The molecule has 39 heavy (non-hydrogen) atoms. The van der Waals surface area contributed by atoms with Gasteiger partial charge in [-0.1, -0.05) is 37.6 Å². The molecule has 1 atom stereocenters. The van der Waals surface area contributed by atoms with Crippen LogP contribution in [0.2, 0.25) is 5.02 Å². The highest BCUT2D eigenvalue weighted by atomic mass is 35.5. The number of ether oxygens (including phenoxy) is 2. The smallest absolute Gasteiger partial charge is 0.338 e. The van der Waals surface area contributed by atoms with Gasteiger partial charge in [0.05, 0.1) is 35.8 Å². The van der Waals surface area contributed by atoms with Crippen molar-refractivity contribution in [3.05, 3.63) is 104 Å². The number of halogens is 1. The molecule has 0 N–H and O–H groups in total. The number of fused-ring (bicyclic) bond motifs is 2. The Labute approximate surface area is 230 Å². The average molecular weight is 546 g/mol. The van der Waals surface area contributed by atoms with Crippen molar-refractivity contribution >= 4 is 40.1 Å². The third kappa shape index (κ3) is 5.14. The lowest BCUT2D eigenvalue weighted by Crippen LogP contribution is -2.29. The number of hydrogen-bond donors (Lipinski definition) is 0. The molecule has 1 aromatic heterocycles. The van der Waals surface area contributed by atoms with Crippen LogP contribution in [-0.2, 0) is 4.74 Å². The van der Waals surface area contributed by atoms with Gasteiger partial charge in [0.2, 0.25) is 5.76 Å². The third-order valence-corrected chi connectivity index (χ3v) is 6.86. The number of benzene rings is 3. The summed E-state index contributed by atoms with van der Waals surface area (Å²) >= 11 is 6.19. The summed E-state index contributed by atoms with van der Waals surface area (Å²) in [7, 11) is 0. The van der Waals surface area contributed by atoms with Gasteiger partial charge in [0.25, 0.3) is 5.91 Å². The minimum Gasteiger partial charge on any atom is -0.494 e. The van der Waals surface area contributed by atoms with E-state index in [1.807, 2.05) is 24.3 Å². The normalized spacial score (nSPS) is 14.6. The first kappa shape index (κ1) is 26.5. The van der Waals surface area contributed by atoms with Gasteiger partial charge in [0.1, 0.15) is 11.3 Å². The first-order chi connectivity index (χ1) is 18.8. The van der Waals surface area contributed by atoms with Gasteiger partial charge in [0, 0.05) is 10.7 Å². The molecule has 4 aromatic rings. The second-order valence-electron chi connectivity index (χ2n) is 9.76. The summed E-state index contributed by atoms with van der Waals surface area (Å²) in [6.07, 6.45) is 0.893. The Morgan fingerprint density at radius 3 is 2.54 bits per heavy atom. The number of esters is 1. The van der Waals surface area contributed by atoms with Gasteiger partial charge in [-0.15, -0.1) is 0 Å². The van der Waals surface area contributed by atoms with Crippen LogP contribution < -0.4 is 15.1 Å². The van der Waals surface area contributed by atoms with E-state index in [1.54, 1.807) is 49.4 Å². The Bertz CT molecular complexity index is 1610. The van der Waals surface area contributed by atoms with Gasteiger partial charge in [-0.3, -0.25) is 14.5 Å². The first-order valence-electron chi connectivity index (χ1n) is 12.9. The maximum absolute atomic E-state index is 13.8. The molecule has 1 aliphatic heterocycles. The van der Waals surface area contributed by atoms with Gasteiger partial charge in [-0.25, -0.2) is 4.79 Å². The molecule has 0 spiro atoms. The van der Waals surface area contributed by atoms with Crippen LogP contribution in [0.4, 0.5) is 5.69 Å². The summed E-state index contributed by atoms with van der Waals surface area (Å²) in [5.74, 6) is 0.187. The quantitative estimate of drug-likeness (QED) is 0.226. The highest BCUT2D eigenvalue weighted by Crippen LogP contribution is 2.42. The Kier molecular flexibility index (Phi) is 7.44. The number of carbonyl (C=O) groups is 2. The average Bonchev–Trinajstić information content (AvgIpc) is 3.21. The summed E-state index contributed by atoms with van der Waals surface area (Å²) in [6, 6.07) is 17.9. The summed E-state index contributed by atoms with van der Waals surface area (Å²) in [4.78, 5) is 41.4. The minimum atomic E-state index is -0.783. The van der Waals surface area contributed by atoms with E-state index in [1.165, 1.54) is 4.90 Å². The van der Waals surface area contributed by atoms with E-state index < -0.39 is 17.9 Å². The van der Waals surface area contributed by atoms with Crippen LogP contribution in [0.5, 0.6) is 5.75 Å². The maximum Gasteiger partial charge on any atom is 0.338 e. The third-order valence-electron chi connectivity index (χ3n) is 6.63. The largest absolute Gasteiger partial charge is 0.494 e. The SMILES string of the molecule is CCOC(=O)c1ccc(N2C(=O)c3oc4ccc(Cl)cc4c(=O)c3C2c2cccc(OCCC(C)C)c2)cc1. The van der Waals surface area contributed by atoms with E-state index in [-0.39, 0.29) is 28.9 Å². The number of carbonyl (C=O) groups excluding carboxylic acids is 2. The molecule has 2 heterocycles. The minimum absolute atomic E-state index is 0.0274. The second-order valence-corrected chi connectivity index (χ2v) is 10.2. The Hall–Kier alpha value is -4.10. The molecule has 0 saturated carbocycles. The monoisotopic (exact) mass is 545 g/mol. The van der Waals surface area contributed by atoms with Crippen molar-refractivity contribution in [1.29, 1.82) is 0 Å². The van der Waals surface area contributed by atoms with Crippen LogP contribution in [0.25, 0.3) is 11.0 Å². The van der Waals surface area contributed by atoms with Crippen LogP contribution in [0.15, 0.2) is 75.9 Å². The van der Waals surface area contributed by atoms with Gasteiger partial charge < -0.3 is 13.9 Å². The molecular weight excluding hydrogens is 518 g/mol. The molecule has 0 saturated heterocycles. The van der Waals surface area contributed by atoms with Crippen LogP contribution in [0.1, 0.15) is 65.3 Å². The standard InChI is InChI=1S/C31H28ClNO6/c1-4-37-31(36)19-8-11-22(12-9-19)33-27(20-6-5-7-23(16-20)38-15-14-18(2)3)26-28(34)24-17-21(32)10-13-25(24)39-29(26)30(33)35/h5-13,16-18,27H,4,14-15H2,1-3H3. The lowest BCUT2D eigenvalue weighted by atomic mass is 9.98. The van der Waals surface area contributed by atoms with Gasteiger partial charge in [-0.2, -0.15) is 0 Å². The van der Waals surface area contributed by atoms with Crippen LogP contribution in [0.3, 0.4) is 0 Å². The van der Waals surface area contributed by atoms with E-state index >= 15 is 0 Å². The Morgan fingerprint density at radius 1 is 1.05 bits per heavy atom. The number of hydrogen-bond acceptors (Lipinski definition) is 6. The van der Waals surface area contributed by atoms with Crippen molar-refractivity contribution in [2.75, 3.05) is 18.1 Å². The van der Waals surface area contributed by atoms with E-state index in [0.717, 1.165) is 6.42 Å². The van der Waals surface area contributed by atoms with Crippen LogP contribution in [0, 0.1) is 5.92 Å². The van der Waals surface area contributed by atoms with E-state index in [2.05, 4.69) is 13.8 Å². The topological polar surface area (TPSA) is 86.0 Å². The van der Waals surface area contributed by atoms with Crippen molar-refractivity contribution in [1.82, 2.24) is 0 Å². The maximum atomic E-state index is 13.8. The van der Waals surface area contributed by atoms with Crippen molar-refractivity contribution in [2.45, 2.75) is 33.2 Å². The predicted molar refractivity (Wildman–Crippen MR) is 150 cm³/mol. The molecule has 1 unspecified atom stereocenters. The number of anilines is 1. The summed E-state index contributed by atoms with van der Waals surface area (Å²) in [6.45, 7) is 6.79. The molecule has 1 aliphatic rings. The molecule has 3 aromatic carbocycles. The molecule has 8 heteroatoms. The van der Waals surface area contributed by atoms with Gasteiger partial charge in [0.15, 0.2) is 5.43 Å². The molecule has 0 aliphatic carbocycles. The summed E-state index contributed by atoms with van der Waals surface area (Å²) < 4.78 is 17.1.